The van der Waals surface area contributed by atoms with Crippen molar-refractivity contribution in [3.8, 4) is 0 Å². The highest BCUT2D eigenvalue weighted by Crippen LogP contribution is 2.28. The number of nitro benzene ring substituents is 2. The molecule has 3 aromatic rings. The molecule has 0 aliphatic heterocycles. The second kappa shape index (κ2) is 8.45. The number of nitrogens with zero attached hydrogens (tertiary/aromatic N) is 4. The van der Waals surface area contributed by atoms with Crippen LogP contribution >= 0.6 is 0 Å². The average Bonchev–Trinajstić information content (AvgIpc) is 2.71. The van der Waals surface area contributed by atoms with E-state index >= 15 is 0 Å². The molecule has 0 spiro atoms. The number of hydrogen-bond acceptors (Lipinski definition) is 6. The highest BCUT2D eigenvalue weighted by molar-refractivity contribution is 5.95. The maximum atomic E-state index is 11.4. The first-order chi connectivity index (χ1) is 13.5. The second-order valence-corrected chi connectivity index (χ2v) is 5.67. The van der Waals surface area contributed by atoms with E-state index in [-0.39, 0.29) is 11.1 Å². The van der Waals surface area contributed by atoms with Crippen LogP contribution in [0.1, 0.15) is 11.1 Å². The molecule has 0 atom stereocenters. The standard InChI is InChI=1S/C20H14N4O4/c25-23(26)19-12-20(24(27)28)16(14-22-18-9-5-2-6-10-18)11-15(19)13-21-17-7-3-1-4-8-17/h1-14H. The fourth-order valence-corrected chi connectivity index (χ4v) is 2.45. The van der Waals surface area contributed by atoms with E-state index in [1.165, 1.54) is 18.5 Å². The molecule has 0 aromatic heterocycles. The van der Waals surface area contributed by atoms with Crippen molar-refractivity contribution in [1.29, 1.82) is 0 Å². The molecule has 0 heterocycles. The molecule has 0 saturated carbocycles. The van der Waals surface area contributed by atoms with Crippen molar-refractivity contribution in [2.24, 2.45) is 9.98 Å². The van der Waals surface area contributed by atoms with E-state index in [1.54, 1.807) is 48.5 Å². The van der Waals surface area contributed by atoms with E-state index in [1.807, 2.05) is 12.1 Å². The molecule has 3 aromatic carbocycles. The summed E-state index contributed by atoms with van der Waals surface area (Å²) in [4.78, 5) is 29.9. The van der Waals surface area contributed by atoms with Crippen LogP contribution < -0.4 is 0 Å². The number of nitro groups is 2. The second-order valence-electron chi connectivity index (χ2n) is 5.67. The smallest absolute Gasteiger partial charge is 0.258 e. The third-order valence-corrected chi connectivity index (χ3v) is 3.79. The Labute approximate surface area is 159 Å². The van der Waals surface area contributed by atoms with Gasteiger partial charge in [0.1, 0.15) is 0 Å². The van der Waals surface area contributed by atoms with E-state index in [2.05, 4.69) is 9.98 Å². The Morgan fingerprint density at radius 1 is 0.643 bits per heavy atom. The number of benzene rings is 3. The predicted octanol–water partition coefficient (Wildman–Crippen LogP) is 5.00. The SMILES string of the molecule is O=[N+]([O-])c1cc([N+](=O)[O-])c(C=Nc2ccccc2)cc1C=Nc1ccccc1. The zero-order valence-corrected chi connectivity index (χ0v) is 14.5. The van der Waals surface area contributed by atoms with Crippen LogP contribution in [0.4, 0.5) is 22.7 Å². The van der Waals surface area contributed by atoms with Gasteiger partial charge in [-0.15, -0.1) is 0 Å². The normalized spacial score (nSPS) is 11.1. The third kappa shape index (κ3) is 4.50. The van der Waals surface area contributed by atoms with E-state index in [0.717, 1.165) is 6.07 Å². The predicted molar refractivity (Wildman–Crippen MR) is 107 cm³/mol. The van der Waals surface area contributed by atoms with Crippen molar-refractivity contribution in [2.75, 3.05) is 0 Å². The summed E-state index contributed by atoms with van der Waals surface area (Å²) in [5, 5.41) is 22.8. The monoisotopic (exact) mass is 374 g/mol. The fraction of sp³-hybridized carbons (Fsp3) is 0. The summed E-state index contributed by atoms with van der Waals surface area (Å²) in [7, 11) is 0. The molecule has 0 amide bonds. The molecule has 0 unspecified atom stereocenters. The summed E-state index contributed by atoms with van der Waals surface area (Å²) >= 11 is 0. The lowest BCUT2D eigenvalue weighted by atomic mass is 10.1. The summed E-state index contributed by atoms with van der Waals surface area (Å²) in [6, 6.07) is 20.0. The van der Waals surface area contributed by atoms with Crippen LogP contribution in [-0.4, -0.2) is 22.3 Å². The number of rotatable bonds is 6. The van der Waals surface area contributed by atoms with Crippen molar-refractivity contribution < 1.29 is 9.85 Å². The minimum absolute atomic E-state index is 0.147. The molecule has 0 fully saturated rings. The Hall–Kier alpha value is -4.20. The van der Waals surface area contributed by atoms with E-state index in [4.69, 9.17) is 0 Å². The van der Waals surface area contributed by atoms with Gasteiger partial charge in [0.25, 0.3) is 11.4 Å². The zero-order chi connectivity index (χ0) is 19.9. The van der Waals surface area contributed by atoms with Gasteiger partial charge in [0.15, 0.2) is 0 Å². The van der Waals surface area contributed by atoms with Crippen LogP contribution in [-0.2, 0) is 0 Å². The quantitative estimate of drug-likeness (QED) is 0.343. The molecular weight excluding hydrogens is 360 g/mol. The Bertz CT molecular complexity index is 982. The minimum Gasteiger partial charge on any atom is -0.258 e. The van der Waals surface area contributed by atoms with Gasteiger partial charge in [0, 0.05) is 12.4 Å². The maximum Gasteiger partial charge on any atom is 0.285 e. The molecule has 0 radical (unpaired) electrons. The van der Waals surface area contributed by atoms with Crippen LogP contribution in [0, 0.1) is 20.2 Å². The summed E-state index contributed by atoms with van der Waals surface area (Å²) in [6.45, 7) is 0. The van der Waals surface area contributed by atoms with Gasteiger partial charge in [-0.3, -0.25) is 30.2 Å². The molecule has 0 saturated heterocycles. The first kappa shape index (κ1) is 18.6. The van der Waals surface area contributed by atoms with Gasteiger partial charge in [0.2, 0.25) is 0 Å². The Balaban J connectivity index is 2.07. The molecule has 0 aliphatic carbocycles. The molecule has 0 aliphatic rings. The van der Waals surface area contributed by atoms with Crippen molar-refractivity contribution in [1.82, 2.24) is 0 Å². The van der Waals surface area contributed by atoms with Gasteiger partial charge < -0.3 is 0 Å². The molecule has 8 nitrogen and oxygen atoms in total. The highest BCUT2D eigenvalue weighted by atomic mass is 16.6. The molecule has 8 heteroatoms. The number of hydrogen-bond donors (Lipinski definition) is 0. The van der Waals surface area contributed by atoms with Gasteiger partial charge in [-0.05, 0) is 30.3 Å². The Morgan fingerprint density at radius 2 is 1.04 bits per heavy atom. The lowest BCUT2D eigenvalue weighted by Crippen LogP contribution is -2.01. The number of aliphatic imine (C=N–C) groups is 2. The lowest BCUT2D eigenvalue weighted by molar-refractivity contribution is -0.394. The van der Waals surface area contributed by atoms with Crippen LogP contribution in [0.2, 0.25) is 0 Å². The summed E-state index contributed by atoms with van der Waals surface area (Å²) in [5.74, 6) is 0. The molecule has 0 N–H and O–H groups in total. The zero-order valence-electron chi connectivity index (χ0n) is 14.5. The van der Waals surface area contributed by atoms with Gasteiger partial charge in [-0.2, -0.15) is 0 Å². The van der Waals surface area contributed by atoms with E-state index < -0.39 is 21.2 Å². The van der Waals surface area contributed by atoms with Gasteiger partial charge >= 0.3 is 0 Å². The number of para-hydroxylation sites is 2. The van der Waals surface area contributed by atoms with E-state index in [0.29, 0.717) is 11.4 Å². The Morgan fingerprint density at radius 3 is 1.39 bits per heavy atom. The molecule has 138 valence electrons. The average molecular weight is 374 g/mol. The fourth-order valence-electron chi connectivity index (χ4n) is 2.45. The third-order valence-electron chi connectivity index (χ3n) is 3.79. The van der Waals surface area contributed by atoms with Crippen molar-refractivity contribution in [3.05, 3.63) is 104 Å². The largest absolute Gasteiger partial charge is 0.285 e. The lowest BCUT2D eigenvalue weighted by Gasteiger charge is -2.02. The topological polar surface area (TPSA) is 111 Å². The highest BCUT2D eigenvalue weighted by Gasteiger charge is 2.23. The molecule has 28 heavy (non-hydrogen) atoms. The van der Waals surface area contributed by atoms with Crippen molar-refractivity contribution in [2.45, 2.75) is 0 Å². The molecular formula is C20H14N4O4. The minimum atomic E-state index is -0.669. The summed E-state index contributed by atoms with van der Waals surface area (Å²) in [6.07, 6.45) is 2.63. The first-order valence-electron chi connectivity index (χ1n) is 8.19. The van der Waals surface area contributed by atoms with Gasteiger partial charge in [0.05, 0.1) is 38.4 Å². The van der Waals surface area contributed by atoms with Crippen LogP contribution in [0.25, 0.3) is 0 Å². The van der Waals surface area contributed by atoms with Gasteiger partial charge in [-0.25, -0.2) is 0 Å². The summed E-state index contributed by atoms with van der Waals surface area (Å²) < 4.78 is 0. The van der Waals surface area contributed by atoms with Gasteiger partial charge in [-0.1, -0.05) is 36.4 Å². The Kier molecular flexibility index (Phi) is 5.61. The van der Waals surface area contributed by atoms with Crippen LogP contribution in [0.15, 0.2) is 82.8 Å². The maximum absolute atomic E-state index is 11.4. The molecule has 0 bridgehead atoms. The van der Waals surface area contributed by atoms with Crippen LogP contribution in [0.5, 0.6) is 0 Å². The molecule has 3 rings (SSSR count). The van der Waals surface area contributed by atoms with E-state index in [9.17, 15) is 20.2 Å². The van der Waals surface area contributed by atoms with Crippen molar-refractivity contribution in [3.63, 3.8) is 0 Å². The summed E-state index contributed by atoms with van der Waals surface area (Å²) in [5.41, 5.74) is 0.707. The van der Waals surface area contributed by atoms with Crippen LogP contribution in [0.3, 0.4) is 0 Å². The van der Waals surface area contributed by atoms with Crippen molar-refractivity contribution >= 4 is 35.2 Å². The first-order valence-corrected chi connectivity index (χ1v) is 8.19.